The van der Waals surface area contributed by atoms with Crippen LogP contribution in [0.15, 0.2) is 23.3 Å². The Hall–Kier alpha value is -1.22. The van der Waals surface area contributed by atoms with Crippen LogP contribution in [0, 0.1) is 22.7 Å². The molecule has 1 N–H and O–H groups in total. The van der Waals surface area contributed by atoms with Crippen LogP contribution in [-0.4, -0.2) is 22.8 Å². The van der Waals surface area contributed by atoms with Gasteiger partial charge in [-0.2, -0.15) is 0 Å². The molecule has 118 valence electrons. The van der Waals surface area contributed by atoms with E-state index in [-0.39, 0.29) is 22.4 Å². The molecule has 5 atom stereocenters. The molecular formula is C19H24O3. The standard InChI is InChI=1S/C19H24O3/c1-18-6-5-12(20)7-11(18)3-4-14-15-8-13(21)10-19(15,2)17(22)9-16(14)18/h7-8,14,16-17,22H,3-6,9-10H2,1-2H3/t14-,16-,17+,18-,19+/m0/s1. The van der Waals surface area contributed by atoms with E-state index in [1.165, 1.54) is 11.1 Å². The summed E-state index contributed by atoms with van der Waals surface area (Å²) >= 11 is 0. The van der Waals surface area contributed by atoms with Crippen LogP contribution < -0.4 is 0 Å². The fourth-order valence-corrected chi connectivity index (χ4v) is 5.70. The maximum Gasteiger partial charge on any atom is 0.156 e. The van der Waals surface area contributed by atoms with Crippen molar-refractivity contribution < 1.29 is 14.7 Å². The van der Waals surface area contributed by atoms with Gasteiger partial charge in [-0.25, -0.2) is 0 Å². The average Bonchev–Trinajstić information content (AvgIpc) is 2.77. The van der Waals surface area contributed by atoms with Crippen molar-refractivity contribution in [2.45, 2.75) is 58.5 Å². The average molecular weight is 300 g/mol. The zero-order valence-electron chi connectivity index (χ0n) is 13.4. The first-order chi connectivity index (χ1) is 10.3. The minimum absolute atomic E-state index is 0.0195. The van der Waals surface area contributed by atoms with E-state index in [0.717, 1.165) is 25.7 Å². The molecule has 2 saturated carbocycles. The number of aliphatic hydroxyl groups excluding tert-OH is 1. The Labute approximate surface area is 131 Å². The van der Waals surface area contributed by atoms with Crippen molar-refractivity contribution in [2.24, 2.45) is 22.7 Å². The van der Waals surface area contributed by atoms with Crippen LogP contribution >= 0.6 is 0 Å². The Morgan fingerprint density at radius 1 is 1.09 bits per heavy atom. The van der Waals surface area contributed by atoms with E-state index < -0.39 is 6.10 Å². The van der Waals surface area contributed by atoms with E-state index in [0.29, 0.717) is 24.7 Å². The summed E-state index contributed by atoms with van der Waals surface area (Å²) in [6.07, 6.45) is 7.96. The Balaban J connectivity index is 1.78. The molecule has 0 radical (unpaired) electrons. The monoisotopic (exact) mass is 300 g/mol. The lowest BCUT2D eigenvalue weighted by Crippen LogP contribution is -2.51. The summed E-state index contributed by atoms with van der Waals surface area (Å²) < 4.78 is 0. The Bertz CT molecular complexity index is 629. The Morgan fingerprint density at radius 2 is 1.86 bits per heavy atom. The molecule has 0 aromatic heterocycles. The van der Waals surface area contributed by atoms with Crippen molar-refractivity contribution >= 4 is 11.6 Å². The number of fused-ring (bicyclic) bond motifs is 5. The maximum absolute atomic E-state index is 12.0. The second-order valence-electron chi connectivity index (χ2n) is 8.22. The van der Waals surface area contributed by atoms with Gasteiger partial charge in [0.25, 0.3) is 0 Å². The van der Waals surface area contributed by atoms with E-state index in [9.17, 15) is 14.7 Å². The highest BCUT2D eigenvalue weighted by atomic mass is 16.3. The molecule has 4 aliphatic rings. The van der Waals surface area contributed by atoms with Crippen molar-refractivity contribution in [3.63, 3.8) is 0 Å². The number of rotatable bonds is 0. The number of carbonyl (C=O) groups excluding carboxylic acids is 2. The highest BCUT2D eigenvalue weighted by Crippen LogP contribution is 2.63. The molecule has 0 unspecified atom stereocenters. The second-order valence-corrected chi connectivity index (χ2v) is 8.22. The molecule has 0 amide bonds. The van der Waals surface area contributed by atoms with Gasteiger partial charge >= 0.3 is 0 Å². The lowest BCUT2D eigenvalue weighted by molar-refractivity contribution is -0.119. The van der Waals surface area contributed by atoms with Crippen molar-refractivity contribution in [3.05, 3.63) is 23.3 Å². The quantitative estimate of drug-likeness (QED) is 0.748. The van der Waals surface area contributed by atoms with E-state index in [1.54, 1.807) is 0 Å². The minimum Gasteiger partial charge on any atom is -0.392 e. The van der Waals surface area contributed by atoms with E-state index in [1.807, 2.05) is 12.2 Å². The first kappa shape index (κ1) is 14.4. The molecule has 3 heteroatoms. The van der Waals surface area contributed by atoms with Gasteiger partial charge in [-0.05, 0) is 55.1 Å². The van der Waals surface area contributed by atoms with Gasteiger partial charge in [0.2, 0.25) is 0 Å². The summed E-state index contributed by atoms with van der Waals surface area (Å²) in [6, 6.07) is 0. The van der Waals surface area contributed by atoms with Gasteiger partial charge < -0.3 is 5.11 Å². The van der Waals surface area contributed by atoms with Crippen LogP contribution in [0.1, 0.15) is 52.4 Å². The molecule has 4 rings (SSSR count). The predicted octanol–water partition coefficient (Wildman–Crippen LogP) is 2.98. The molecular weight excluding hydrogens is 276 g/mol. The number of carbonyl (C=O) groups is 2. The van der Waals surface area contributed by atoms with Crippen molar-refractivity contribution in [3.8, 4) is 0 Å². The fraction of sp³-hybridized carbons (Fsp3) is 0.684. The lowest BCUT2D eigenvalue weighted by atomic mass is 9.48. The Morgan fingerprint density at radius 3 is 2.64 bits per heavy atom. The summed E-state index contributed by atoms with van der Waals surface area (Å²) in [6.45, 7) is 4.33. The SMILES string of the molecule is C[C@]12CCC(=O)C=C1CC[C@H]1C3=CC(=O)C[C@@]3(C)[C@H](O)C[C@@H]12. The van der Waals surface area contributed by atoms with E-state index >= 15 is 0 Å². The van der Waals surface area contributed by atoms with Crippen molar-refractivity contribution in [1.29, 1.82) is 0 Å². The summed E-state index contributed by atoms with van der Waals surface area (Å²) in [5.41, 5.74) is 2.15. The second kappa shape index (κ2) is 4.41. The van der Waals surface area contributed by atoms with Crippen molar-refractivity contribution in [1.82, 2.24) is 0 Å². The van der Waals surface area contributed by atoms with Crippen molar-refractivity contribution in [2.75, 3.05) is 0 Å². The first-order valence-corrected chi connectivity index (χ1v) is 8.51. The molecule has 0 saturated heterocycles. The molecule has 0 bridgehead atoms. The van der Waals surface area contributed by atoms with Gasteiger partial charge in [0.15, 0.2) is 11.6 Å². The highest BCUT2D eigenvalue weighted by Gasteiger charge is 2.57. The molecule has 0 spiro atoms. The van der Waals surface area contributed by atoms with Crippen LogP contribution in [0.2, 0.25) is 0 Å². The first-order valence-electron chi connectivity index (χ1n) is 8.51. The van der Waals surface area contributed by atoms with E-state index in [4.69, 9.17) is 0 Å². The molecule has 3 nitrogen and oxygen atoms in total. The lowest BCUT2D eigenvalue weighted by Gasteiger charge is -2.56. The number of ketones is 2. The number of allylic oxidation sites excluding steroid dienone is 3. The third-order valence-electron chi connectivity index (χ3n) is 7.12. The van der Waals surface area contributed by atoms with Gasteiger partial charge in [0.05, 0.1) is 6.10 Å². The minimum atomic E-state index is -0.444. The zero-order chi connectivity index (χ0) is 15.7. The summed E-state index contributed by atoms with van der Waals surface area (Å²) in [5, 5.41) is 10.8. The van der Waals surface area contributed by atoms with Crippen LogP contribution in [0.25, 0.3) is 0 Å². The molecule has 22 heavy (non-hydrogen) atoms. The third kappa shape index (κ3) is 1.72. The number of hydrogen-bond acceptors (Lipinski definition) is 3. The van der Waals surface area contributed by atoms with Gasteiger partial charge in [-0.15, -0.1) is 0 Å². The summed E-state index contributed by atoms with van der Waals surface area (Å²) in [5.74, 6) is 1.18. The van der Waals surface area contributed by atoms with Gasteiger partial charge in [-0.3, -0.25) is 9.59 Å². The van der Waals surface area contributed by atoms with E-state index in [2.05, 4.69) is 13.8 Å². The number of hydrogen-bond donors (Lipinski definition) is 1. The molecule has 0 heterocycles. The smallest absolute Gasteiger partial charge is 0.156 e. The van der Waals surface area contributed by atoms with Crippen LogP contribution in [0.5, 0.6) is 0 Å². The number of aliphatic hydroxyl groups is 1. The Kier molecular flexibility index (Phi) is 2.88. The summed E-state index contributed by atoms with van der Waals surface area (Å²) in [7, 11) is 0. The molecule has 0 aromatic rings. The largest absolute Gasteiger partial charge is 0.392 e. The molecule has 2 fully saturated rings. The normalized spacial score (nSPS) is 47.3. The molecule has 0 aromatic carbocycles. The molecule has 0 aliphatic heterocycles. The third-order valence-corrected chi connectivity index (χ3v) is 7.12. The fourth-order valence-electron chi connectivity index (χ4n) is 5.70. The van der Waals surface area contributed by atoms with Gasteiger partial charge in [-0.1, -0.05) is 25.0 Å². The molecule has 4 aliphatic carbocycles. The van der Waals surface area contributed by atoms with Crippen LogP contribution in [0.3, 0.4) is 0 Å². The maximum atomic E-state index is 12.0. The summed E-state index contributed by atoms with van der Waals surface area (Å²) in [4.78, 5) is 23.8. The van der Waals surface area contributed by atoms with Gasteiger partial charge in [0, 0.05) is 18.3 Å². The predicted molar refractivity (Wildman–Crippen MR) is 83.1 cm³/mol. The highest BCUT2D eigenvalue weighted by molar-refractivity contribution is 5.95. The van der Waals surface area contributed by atoms with Crippen LogP contribution in [-0.2, 0) is 9.59 Å². The zero-order valence-corrected chi connectivity index (χ0v) is 13.4. The van der Waals surface area contributed by atoms with Gasteiger partial charge in [0.1, 0.15) is 0 Å². The topological polar surface area (TPSA) is 54.4 Å². The van der Waals surface area contributed by atoms with Crippen LogP contribution in [0.4, 0.5) is 0 Å².